The van der Waals surface area contributed by atoms with Crippen molar-refractivity contribution in [2.24, 2.45) is 0 Å². The summed E-state index contributed by atoms with van der Waals surface area (Å²) < 4.78 is 11.2. The molecular weight excluding hydrogens is 426 g/mol. The van der Waals surface area contributed by atoms with Crippen LogP contribution in [0.4, 0.5) is 5.69 Å². The number of nitriles is 1. The van der Waals surface area contributed by atoms with Gasteiger partial charge in [-0.15, -0.1) is 0 Å². The van der Waals surface area contributed by atoms with Crippen molar-refractivity contribution < 1.29 is 23.7 Å². The smallest absolute Gasteiger partial charge is 0.280 e. The van der Waals surface area contributed by atoms with Gasteiger partial charge in [0, 0.05) is 24.8 Å². The number of hydrogen-bond acceptors (Lipinski definition) is 7. The lowest BCUT2D eigenvalue weighted by molar-refractivity contribution is -0.384. The van der Waals surface area contributed by atoms with Crippen LogP contribution in [0.5, 0.6) is 0 Å². The number of ether oxygens (including phenoxy) is 1. The van der Waals surface area contributed by atoms with E-state index in [1.807, 2.05) is 19.9 Å². The predicted molar refractivity (Wildman–Crippen MR) is 120 cm³/mol. The Bertz CT molecular complexity index is 1200. The molecule has 1 aromatic carbocycles. The lowest BCUT2D eigenvalue weighted by Gasteiger charge is -2.27. The first-order valence-corrected chi connectivity index (χ1v) is 10.4. The fraction of sp³-hybridized carbons (Fsp3) is 0.292. The highest BCUT2D eigenvalue weighted by molar-refractivity contribution is 6.19. The molecule has 0 bridgehead atoms. The van der Waals surface area contributed by atoms with Crippen molar-refractivity contribution in [3.63, 3.8) is 0 Å². The standard InChI is InChI=1S/C24H23N3O6/c1-15(2)32-12-6-11-26-23(28)19(16(3)20(14-25)24(26)29)13-17-9-10-22(33-17)18-7-4-5-8-21(18)27(30)31/h4-5,7-10,13,15H,6,11-12H2,1-3H3/b19-13+. The van der Waals surface area contributed by atoms with E-state index in [1.165, 1.54) is 19.1 Å². The molecule has 1 aliphatic rings. The molecule has 0 radical (unpaired) electrons. The van der Waals surface area contributed by atoms with Gasteiger partial charge in [0.15, 0.2) is 0 Å². The first kappa shape index (κ1) is 23.6. The number of nitro groups is 1. The number of rotatable bonds is 8. The zero-order chi connectivity index (χ0) is 24.1. The van der Waals surface area contributed by atoms with Gasteiger partial charge in [-0.05, 0) is 57.0 Å². The van der Waals surface area contributed by atoms with E-state index in [0.717, 1.165) is 4.90 Å². The molecule has 2 heterocycles. The van der Waals surface area contributed by atoms with E-state index in [4.69, 9.17) is 9.15 Å². The normalized spacial score (nSPS) is 15.5. The number of nitro benzene ring substituents is 1. The molecule has 0 unspecified atom stereocenters. The van der Waals surface area contributed by atoms with Crippen molar-refractivity contribution in [1.29, 1.82) is 5.26 Å². The summed E-state index contributed by atoms with van der Waals surface area (Å²) in [5.41, 5.74) is 0.485. The van der Waals surface area contributed by atoms with Crippen molar-refractivity contribution in [2.45, 2.75) is 33.3 Å². The summed E-state index contributed by atoms with van der Waals surface area (Å²) in [6, 6.07) is 11.2. The second-order valence-corrected chi connectivity index (χ2v) is 7.68. The third kappa shape index (κ3) is 5.07. The highest BCUT2D eigenvalue weighted by Gasteiger charge is 2.35. The Morgan fingerprint density at radius 3 is 2.61 bits per heavy atom. The number of carbonyl (C=O) groups is 2. The number of para-hydroxylation sites is 1. The van der Waals surface area contributed by atoms with E-state index in [0.29, 0.717) is 18.6 Å². The quantitative estimate of drug-likeness (QED) is 0.194. The highest BCUT2D eigenvalue weighted by Crippen LogP contribution is 2.33. The number of hydrogen-bond donors (Lipinski definition) is 0. The maximum absolute atomic E-state index is 13.1. The van der Waals surface area contributed by atoms with Crippen LogP contribution in [-0.2, 0) is 14.3 Å². The molecule has 2 aromatic rings. The minimum atomic E-state index is -0.637. The van der Waals surface area contributed by atoms with Gasteiger partial charge in [-0.1, -0.05) is 12.1 Å². The molecule has 170 valence electrons. The summed E-state index contributed by atoms with van der Waals surface area (Å²) >= 11 is 0. The van der Waals surface area contributed by atoms with Gasteiger partial charge >= 0.3 is 0 Å². The fourth-order valence-electron chi connectivity index (χ4n) is 3.43. The van der Waals surface area contributed by atoms with Crippen LogP contribution < -0.4 is 0 Å². The topological polar surface area (TPSA) is 127 Å². The number of benzene rings is 1. The van der Waals surface area contributed by atoms with Crippen LogP contribution in [0, 0.1) is 21.4 Å². The van der Waals surface area contributed by atoms with Crippen LogP contribution in [0.2, 0.25) is 0 Å². The van der Waals surface area contributed by atoms with Crippen LogP contribution in [0.15, 0.2) is 57.5 Å². The van der Waals surface area contributed by atoms with E-state index in [9.17, 15) is 25.0 Å². The zero-order valence-corrected chi connectivity index (χ0v) is 18.5. The fourth-order valence-corrected chi connectivity index (χ4v) is 3.43. The van der Waals surface area contributed by atoms with Crippen molar-refractivity contribution in [1.82, 2.24) is 4.90 Å². The molecule has 0 aliphatic carbocycles. The SMILES string of the molecule is CC1=C(C#N)C(=O)N(CCCOC(C)C)C(=O)/C1=C/c1ccc(-c2ccccc2[N+](=O)[O-])o1. The molecular formula is C24H23N3O6. The average Bonchev–Trinajstić information content (AvgIpc) is 3.25. The van der Waals surface area contributed by atoms with Gasteiger partial charge in [0.1, 0.15) is 23.2 Å². The van der Waals surface area contributed by atoms with Crippen molar-refractivity contribution in [2.75, 3.05) is 13.2 Å². The van der Waals surface area contributed by atoms with Gasteiger partial charge in [0.05, 0.1) is 16.6 Å². The number of carbonyl (C=O) groups excluding carboxylic acids is 2. The molecule has 0 N–H and O–H groups in total. The van der Waals surface area contributed by atoms with Gasteiger partial charge < -0.3 is 9.15 Å². The van der Waals surface area contributed by atoms with Gasteiger partial charge in [0.25, 0.3) is 17.5 Å². The Hall–Kier alpha value is -4.03. The Morgan fingerprint density at radius 2 is 1.94 bits per heavy atom. The summed E-state index contributed by atoms with van der Waals surface area (Å²) in [6.45, 7) is 5.79. The molecule has 1 aromatic heterocycles. The molecule has 1 aliphatic heterocycles. The Labute approximate surface area is 190 Å². The van der Waals surface area contributed by atoms with Crippen LogP contribution in [0.25, 0.3) is 17.4 Å². The van der Waals surface area contributed by atoms with Gasteiger partial charge in [-0.25, -0.2) is 0 Å². The van der Waals surface area contributed by atoms with Crippen LogP contribution in [-0.4, -0.2) is 40.9 Å². The van der Waals surface area contributed by atoms with Gasteiger partial charge in [-0.3, -0.25) is 24.6 Å². The second-order valence-electron chi connectivity index (χ2n) is 7.68. The van der Waals surface area contributed by atoms with Crippen LogP contribution in [0.3, 0.4) is 0 Å². The Balaban J connectivity index is 1.93. The number of nitrogens with zero attached hydrogens (tertiary/aromatic N) is 3. The molecule has 33 heavy (non-hydrogen) atoms. The lowest BCUT2D eigenvalue weighted by atomic mass is 9.94. The minimum absolute atomic E-state index is 0.0265. The molecule has 0 saturated carbocycles. The maximum Gasteiger partial charge on any atom is 0.280 e. The summed E-state index contributed by atoms with van der Waals surface area (Å²) in [4.78, 5) is 37.6. The Morgan fingerprint density at radius 1 is 1.21 bits per heavy atom. The van der Waals surface area contributed by atoms with E-state index < -0.39 is 16.7 Å². The summed E-state index contributed by atoms with van der Waals surface area (Å²) in [7, 11) is 0. The molecule has 2 amide bonds. The molecule has 0 saturated heterocycles. The lowest BCUT2D eigenvalue weighted by Crippen LogP contribution is -2.43. The maximum atomic E-state index is 13.1. The second kappa shape index (κ2) is 10.1. The molecule has 3 rings (SSSR count). The minimum Gasteiger partial charge on any atom is -0.456 e. The number of furan rings is 1. The summed E-state index contributed by atoms with van der Waals surface area (Å²) in [5.74, 6) is -0.648. The van der Waals surface area contributed by atoms with Crippen molar-refractivity contribution >= 4 is 23.6 Å². The summed E-state index contributed by atoms with van der Waals surface area (Å²) in [5, 5.41) is 20.8. The van der Waals surface area contributed by atoms with Gasteiger partial charge in [0.2, 0.25) is 0 Å². The molecule has 9 heteroatoms. The van der Waals surface area contributed by atoms with Crippen molar-refractivity contribution in [3.8, 4) is 17.4 Å². The third-order valence-electron chi connectivity index (χ3n) is 5.08. The average molecular weight is 449 g/mol. The van der Waals surface area contributed by atoms with Gasteiger partial charge in [-0.2, -0.15) is 5.26 Å². The number of imide groups is 1. The molecule has 0 fully saturated rings. The predicted octanol–water partition coefficient (Wildman–Crippen LogP) is 4.26. The third-order valence-corrected chi connectivity index (χ3v) is 5.08. The van der Waals surface area contributed by atoms with Crippen LogP contribution >= 0.6 is 0 Å². The molecule has 0 spiro atoms. The zero-order valence-electron chi connectivity index (χ0n) is 18.5. The first-order valence-electron chi connectivity index (χ1n) is 10.4. The molecule has 9 nitrogen and oxygen atoms in total. The van der Waals surface area contributed by atoms with E-state index >= 15 is 0 Å². The number of amides is 2. The summed E-state index contributed by atoms with van der Waals surface area (Å²) in [6.07, 6.45) is 1.90. The highest BCUT2D eigenvalue weighted by atomic mass is 16.6. The Kier molecular flexibility index (Phi) is 7.20. The van der Waals surface area contributed by atoms with Crippen LogP contribution in [0.1, 0.15) is 33.0 Å². The largest absolute Gasteiger partial charge is 0.456 e. The first-order chi connectivity index (χ1) is 15.7. The van der Waals surface area contributed by atoms with E-state index in [2.05, 4.69) is 0 Å². The monoisotopic (exact) mass is 449 g/mol. The van der Waals surface area contributed by atoms with Crippen molar-refractivity contribution in [3.05, 3.63) is 69.0 Å². The van der Waals surface area contributed by atoms with E-state index in [1.54, 1.807) is 30.3 Å². The van der Waals surface area contributed by atoms with E-state index in [-0.39, 0.29) is 46.6 Å². The molecule has 0 atom stereocenters.